The first-order valence-electron chi connectivity index (χ1n) is 3.74. The molecule has 2 rings (SSSR count). The molecule has 0 aromatic rings. The van der Waals surface area contributed by atoms with Gasteiger partial charge in [-0.3, -0.25) is 4.79 Å². The molecule has 2 unspecified atom stereocenters. The molecule has 0 aromatic carbocycles. The zero-order valence-electron chi connectivity index (χ0n) is 6.05. The summed E-state index contributed by atoms with van der Waals surface area (Å²) in [5.41, 5.74) is 1.26. The monoisotopic (exact) mass is 137 g/mol. The van der Waals surface area contributed by atoms with Gasteiger partial charge in [0.15, 0.2) is 0 Å². The molecule has 2 nitrogen and oxygen atoms in total. The van der Waals surface area contributed by atoms with Crippen molar-refractivity contribution < 1.29 is 4.79 Å². The van der Waals surface area contributed by atoms with Crippen molar-refractivity contribution in [2.45, 2.75) is 25.8 Å². The van der Waals surface area contributed by atoms with Crippen LogP contribution in [-0.4, -0.2) is 11.9 Å². The van der Waals surface area contributed by atoms with E-state index in [9.17, 15) is 4.79 Å². The third kappa shape index (κ3) is 0.681. The van der Waals surface area contributed by atoms with E-state index in [0.717, 1.165) is 12.8 Å². The molecule has 0 saturated carbocycles. The molecular formula is C8H11NO. The van der Waals surface area contributed by atoms with E-state index in [2.05, 4.69) is 11.4 Å². The van der Waals surface area contributed by atoms with E-state index < -0.39 is 0 Å². The second-order valence-corrected chi connectivity index (χ2v) is 3.18. The first-order valence-corrected chi connectivity index (χ1v) is 3.74. The van der Waals surface area contributed by atoms with Gasteiger partial charge in [0.05, 0.1) is 5.92 Å². The van der Waals surface area contributed by atoms with Crippen LogP contribution in [0.15, 0.2) is 11.6 Å². The van der Waals surface area contributed by atoms with Crippen molar-refractivity contribution in [2.24, 2.45) is 5.92 Å². The number of rotatable bonds is 0. The Balaban J connectivity index is 2.31. The Kier molecular flexibility index (Phi) is 1.10. The molecule has 10 heavy (non-hydrogen) atoms. The van der Waals surface area contributed by atoms with E-state index in [4.69, 9.17) is 0 Å². The molecule has 1 amide bonds. The summed E-state index contributed by atoms with van der Waals surface area (Å²) in [6, 6.07) is 0.446. The molecule has 2 aliphatic rings. The maximum atomic E-state index is 11.1. The van der Waals surface area contributed by atoms with Crippen LogP contribution in [0.2, 0.25) is 0 Å². The van der Waals surface area contributed by atoms with Crippen molar-refractivity contribution in [3.63, 3.8) is 0 Å². The fraction of sp³-hybridized carbons (Fsp3) is 0.625. The van der Waals surface area contributed by atoms with Gasteiger partial charge in [0.1, 0.15) is 0 Å². The van der Waals surface area contributed by atoms with Crippen molar-refractivity contribution in [1.82, 2.24) is 5.32 Å². The maximum Gasteiger partial charge on any atom is 0.227 e. The molecule has 2 bridgehead atoms. The molecule has 1 aliphatic heterocycles. The fourth-order valence-electron chi connectivity index (χ4n) is 1.77. The lowest BCUT2D eigenvalue weighted by atomic mass is 9.90. The van der Waals surface area contributed by atoms with Crippen molar-refractivity contribution in [3.8, 4) is 0 Å². The highest BCUT2D eigenvalue weighted by Crippen LogP contribution is 2.29. The Morgan fingerprint density at radius 1 is 1.70 bits per heavy atom. The highest BCUT2D eigenvalue weighted by molar-refractivity contribution is 5.84. The van der Waals surface area contributed by atoms with E-state index >= 15 is 0 Å². The smallest absolute Gasteiger partial charge is 0.227 e. The van der Waals surface area contributed by atoms with Gasteiger partial charge in [0, 0.05) is 6.04 Å². The Hall–Kier alpha value is -0.790. The van der Waals surface area contributed by atoms with E-state index in [1.807, 2.05) is 6.92 Å². The van der Waals surface area contributed by atoms with Crippen LogP contribution in [0.25, 0.3) is 0 Å². The molecule has 1 saturated heterocycles. The average Bonchev–Trinajstić information content (AvgIpc) is 2.21. The molecule has 1 N–H and O–H groups in total. The fourth-order valence-corrected chi connectivity index (χ4v) is 1.77. The van der Waals surface area contributed by atoms with E-state index in [1.54, 1.807) is 0 Å². The Morgan fingerprint density at radius 2 is 2.50 bits per heavy atom. The normalized spacial score (nSPS) is 37.3. The Bertz CT molecular complexity index is 207. The quantitative estimate of drug-likeness (QED) is 0.492. The minimum absolute atomic E-state index is 0.207. The first-order chi connectivity index (χ1) is 4.77. The molecule has 54 valence electrons. The molecule has 1 heterocycles. The second kappa shape index (κ2) is 1.84. The number of carbonyl (C=O) groups is 1. The number of amides is 1. The number of carbonyl (C=O) groups excluding carboxylic acids is 1. The van der Waals surface area contributed by atoms with Gasteiger partial charge in [0.25, 0.3) is 0 Å². The number of nitrogens with one attached hydrogen (secondary N) is 1. The Labute approximate surface area is 60.3 Å². The third-order valence-electron chi connectivity index (χ3n) is 2.46. The molecular weight excluding hydrogens is 126 g/mol. The topological polar surface area (TPSA) is 29.1 Å². The van der Waals surface area contributed by atoms with Crippen LogP contribution in [0.4, 0.5) is 0 Å². The number of hydrogen-bond donors (Lipinski definition) is 1. The molecule has 0 radical (unpaired) electrons. The summed E-state index contributed by atoms with van der Waals surface area (Å²) in [6.45, 7) is 2.05. The lowest BCUT2D eigenvalue weighted by Gasteiger charge is -2.13. The van der Waals surface area contributed by atoms with Crippen LogP contribution in [0.5, 0.6) is 0 Å². The van der Waals surface area contributed by atoms with Crippen LogP contribution in [-0.2, 0) is 4.79 Å². The van der Waals surface area contributed by atoms with Gasteiger partial charge < -0.3 is 5.32 Å². The van der Waals surface area contributed by atoms with Crippen LogP contribution in [0.3, 0.4) is 0 Å². The van der Waals surface area contributed by atoms with E-state index in [-0.39, 0.29) is 11.8 Å². The molecule has 0 aromatic heterocycles. The molecule has 2 atom stereocenters. The highest BCUT2D eigenvalue weighted by Gasteiger charge is 2.34. The van der Waals surface area contributed by atoms with Gasteiger partial charge in [-0.2, -0.15) is 0 Å². The maximum absolute atomic E-state index is 11.1. The predicted molar refractivity (Wildman–Crippen MR) is 38.4 cm³/mol. The van der Waals surface area contributed by atoms with Gasteiger partial charge >= 0.3 is 0 Å². The van der Waals surface area contributed by atoms with Gasteiger partial charge in [-0.05, 0) is 19.8 Å². The number of hydrogen-bond acceptors (Lipinski definition) is 1. The molecule has 1 aliphatic carbocycles. The van der Waals surface area contributed by atoms with E-state index in [0.29, 0.717) is 6.04 Å². The SMILES string of the molecule is CC1=CCC2CC1C(=O)N2. The van der Waals surface area contributed by atoms with Gasteiger partial charge in [-0.25, -0.2) is 0 Å². The van der Waals surface area contributed by atoms with Crippen LogP contribution in [0, 0.1) is 5.92 Å². The summed E-state index contributed by atoms with van der Waals surface area (Å²) in [4.78, 5) is 11.1. The van der Waals surface area contributed by atoms with Gasteiger partial charge in [-0.15, -0.1) is 0 Å². The zero-order valence-corrected chi connectivity index (χ0v) is 6.05. The summed E-state index contributed by atoms with van der Waals surface area (Å²) in [6.07, 6.45) is 4.24. The summed E-state index contributed by atoms with van der Waals surface area (Å²) in [5.74, 6) is 0.440. The lowest BCUT2D eigenvalue weighted by Crippen LogP contribution is -2.24. The molecule has 0 spiro atoms. The standard InChI is InChI=1S/C8H11NO/c1-5-2-3-6-4-7(5)8(10)9-6/h2,6-7H,3-4H2,1H3,(H,9,10). The number of fused-ring (bicyclic) bond motifs is 2. The highest BCUT2D eigenvalue weighted by atomic mass is 16.2. The predicted octanol–water partition coefficient (Wildman–Crippen LogP) is 0.841. The molecule has 1 fully saturated rings. The summed E-state index contributed by atoms with van der Waals surface area (Å²) in [5, 5.41) is 2.96. The first kappa shape index (κ1) is 5.96. The lowest BCUT2D eigenvalue weighted by molar-refractivity contribution is -0.121. The van der Waals surface area contributed by atoms with Crippen LogP contribution in [0.1, 0.15) is 19.8 Å². The molecule has 2 heteroatoms. The summed E-state index contributed by atoms with van der Waals surface area (Å²) in [7, 11) is 0. The van der Waals surface area contributed by atoms with Gasteiger partial charge in [0.2, 0.25) is 5.91 Å². The van der Waals surface area contributed by atoms with Crippen molar-refractivity contribution in [3.05, 3.63) is 11.6 Å². The van der Waals surface area contributed by atoms with Crippen molar-refractivity contribution in [1.29, 1.82) is 0 Å². The van der Waals surface area contributed by atoms with Gasteiger partial charge in [-0.1, -0.05) is 11.6 Å². The minimum atomic E-state index is 0.207. The summed E-state index contributed by atoms with van der Waals surface area (Å²) < 4.78 is 0. The van der Waals surface area contributed by atoms with Crippen LogP contribution < -0.4 is 5.32 Å². The average molecular weight is 137 g/mol. The zero-order chi connectivity index (χ0) is 7.14. The van der Waals surface area contributed by atoms with Crippen molar-refractivity contribution in [2.75, 3.05) is 0 Å². The van der Waals surface area contributed by atoms with Crippen LogP contribution >= 0.6 is 0 Å². The summed E-state index contributed by atoms with van der Waals surface area (Å²) >= 11 is 0. The second-order valence-electron chi connectivity index (χ2n) is 3.18. The third-order valence-corrected chi connectivity index (χ3v) is 2.46. The van der Waals surface area contributed by atoms with Crippen molar-refractivity contribution >= 4 is 5.91 Å². The minimum Gasteiger partial charge on any atom is -0.353 e. The Morgan fingerprint density at radius 3 is 3.20 bits per heavy atom. The van der Waals surface area contributed by atoms with E-state index in [1.165, 1.54) is 5.57 Å². The largest absolute Gasteiger partial charge is 0.353 e.